The van der Waals surface area contributed by atoms with E-state index < -0.39 is 6.04 Å². The normalized spacial score (nSPS) is 18.4. The number of carbonyl (C=O) groups is 2. The van der Waals surface area contributed by atoms with E-state index >= 15 is 0 Å². The highest BCUT2D eigenvalue weighted by atomic mass is 16.5. The predicted molar refractivity (Wildman–Crippen MR) is 96.6 cm³/mol. The fourth-order valence-electron chi connectivity index (χ4n) is 2.81. The van der Waals surface area contributed by atoms with Crippen LogP contribution in [0.3, 0.4) is 0 Å². The molecule has 1 aromatic rings. The van der Waals surface area contributed by atoms with E-state index in [4.69, 9.17) is 10.5 Å². The zero-order chi connectivity index (χ0) is 18.2. The molecule has 0 radical (unpaired) electrons. The Kier molecular flexibility index (Phi) is 7.40. The van der Waals surface area contributed by atoms with E-state index in [9.17, 15) is 9.59 Å². The Balaban J connectivity index is 1.65. The smallest absolute Gasteiger partial charge is 0.241 e. The van der Waals surface area contributed by atoms with Gasteiger partial charge in [0.25, 0.3) is 0 Å². The topological polar surface area (TPSA) is 84.7 Å². The molecule has 6 nitrogen and oxygen atoms in total. The molecular weight excluding hydrogens is 318 g/mol. The van der Waals surface area contributed by atoms with Crippen LogP contribution >= 0.6 is 0 Å². The quantitative estimate of drug-likeness (QED) is 0.739. The number of ether oxygens (including phenoxy) is 1. The maximum atomic E-state index is 12.2. The number of likely N-dealkylation sites (tertiary alicyclic amines) is 1. The summed E-state index contributed by atoms with van der Waals surface area (Å²) in [7, 11) is 0. The standard InChI is InChI=1S/C19H29N3O3/c1-14(2)18(20)19(24)21-10-17(23)22-9-8-16(11-22)13-25-12-15-6-4-3-5-7-15/h3-7,14,16,18H,8-13,20H2,1-2H3,(H,21,24)/t16?,18-/m0/s1. The van der Waals surface area contributed by atoms with E-state index in [-0.39, 0.29) is 24.3 Å². The molecule has 1 saturated heterocycles. The molecule has 2 amide bonds. The molecule has 25 heavy (non-hydrogen) atoms. The lowest BCUT2D eigenvalue weighted by Gasteiger charge is -2.19. The lowest BCUT2D eigenvalue weighted by molar-refractivity contribution is -0.132. The first-order chi connectivity index (χ1) is 12.0. The maximum Gasteiger partial charge on any atom is 0.241 e. The van der Waals surface area contributed by atoms with Crippen molar-refractivity contribution in [2.45, 2.75) is 32.9 Å². The third-order valence-corrected chi connectivity index (χ3v) is 4.54. The maximum absolute atomic E-state index is 12.2. The van der Waals surface area contributed by atoms with Crippen LogP contribution in [-0.4, -0.2) is 49.0 Å². The van der Waals surface area contributed by atoms with Gasteiger partial charge in [0.2, 0.25) is 11.8 Å². The number of nitrogens with two attached hydrogens (primary N) is 1. The first-order valence-electron chi connectivity index (χ1n) is 8.90. The SMILES string of the molecule is CC(C)[C@H](N)C(=O)NCC(=O)N1CCC(COCc2ccccc2)C1. The number of hydrogen-bond acceptors (Lipinski definition) is 4. The number of nitrogens with one attached hydrogen (secondary N) is 1. The van der Waals surface area contributed by atoms with Gasteiger partial charge in [-0.2, -0.15) is 0 Å². The Hall–Kier alpha value is -1.92. The molecule has 3 N–H and O–H groups in total. The molecule has 0 aromatic heterocycles. The number of carbonyl (C=O) groups excluding carboxylic acids is 2. The van der Waals surface area contributed by atoms with Gasteiger partial charge in [-0.1, -0.05) is 44.2 Å². The first kappa shape index (κ1) is 19.4. The van der Waals surface area contributed by atoms with Crippen molar-refractivity contribution in [2.24, 2.45) is 17.6 Å². The second kappa shape index (κ2) is 9.53. The highest BCUT2D eigenvalue weighted by Gasteiger charge is 2.27. The van der Waals surface area contributed by atoms with Gasteiger partial charge in [0, 0.05) is 19.0 Å². The van der Waals surface area contributed by atoms with Crippen LogP contribution in [0.1, 0.15) is 25.8 Å². The number of benzene rings is 1. The van der Waals surface area contributed by atoms with Gasteiger partial charge >= 0.3 is 0 Å². The summed E-state index contributed by atoms with van der Waals surface area (Å²) < 4.78 is 5.76. The molecule has 6 heteroatoms. The summed E-state index contributed by atoms with van der Waals surface area (Å²) in [6.07, 6.45) is 0.931. The van der Waals surface area contributed by atoms with E-state index in [1.807, 2.05) is 44.2 Å². The zero-order valence-corrected chi connectivity index (χ0v) is 15.1. The highest BCUT2D eigenvalue weighted by Crippen LogP contribution is 2.17. The summed E-state index contributed by atoms with van der Waals surface area (Å²) >= 11 is 0. The molecule has 2 rings (SSSR count). The van der Waals surface area contributed by atoms with Gasteiger partial charge < -0.3 is 20.7 Å². The van der Waals surface area contributed by atoms with Gasteiger partial charge in [-0.05, 0) is 17.9 Å². The van der Waals surface area contributed by atoms with Crippen LogP contribution < -0.4 is 11.1 Å². The van der Waals surface area contributed by atoms with Gasteiger partial charge in [0.15, 0.2) is 0 Å². The van der Waals surface area contributed by atoms with E-state index in [0.717, 1.165) is 12.0 Å². The van der Waals surface area contributed by atoms with Crippen molar-refractivity contribution >= 4 is 11.8 Å². The van der Waals surface area contributed by atoms with Crippen LogP contribution in [0.15, 0.2) is 30.3 Å². The van der Waals surface area contributed by atoms with Gasteiger partial charge in [0.05, 0.1) is 25.8 Å². The van der Waals surface area contributed by atoms with Gasteiger partial charge in [-0.3, -0.25) is 9.59 Å². The van der Waals surface area contributed by atoms with Crippen molar-refractivity contribution in [3.8, 4) is 0 Å². The van der Waals surface area contributed by atoms with Crippen LogP contribution in [-0.2, 0) is 20.9 Å². The van der Waals surface area contributed by atoms with Crippen LogP contribution in [0.2, 0.25) is 0 Å². The molecule has 0 bridgehead atoms. The van der Waals surface area contributed by atoms with Crippen molar-refractivity contribution in [1.82, 2.24) is 10.2 Å². The molecule has 1 aliphatic heterocycles. The summed E-state index contributed by atoms with van der Waals surface area (Å²) in [6.45, 7) is 6.40. The Bertz CT molecular complexity index is 562. The molecule has 1 unspecified atom stereocenters. The minimum atomic E-state index is -0.578. The Morgan fingerprint density at radius 3 is 2.72 bits per heavy atom. The van der Waals surface area contributed by atoms with Gasteiger partial charge in [-0.25, -0.2) is 0 Å². The summed E-state index contributed by atoms with van der Waals surface area (Å²) in [4.78, 5) is 25.8. The molecule has 1 fully saturated rings. The fraction of sp³-hybridized carbons (Fsp3) is 0.579. The average Bonchev–Trinajstić information content (AvgIpc) is 3.08. The second-order valence-electron chi connectivity index (χ2n) is 6.98. The zero-order valence-electron chi connectivity index (χ0n) is 15.1. The van der Waals surface area contributed by atoms with Gasteiger partial charge in [0.1, 0.15) is 0 Å². The van der Waals surface area contributed by atoms with E-state index in [1.54, 1.807) is 4.90 Å². The molecule has 1 heterocycles. The van der Waals surface area contributed by atoms with Crippen molar-refractivity contribution in [3.05, 3.63) is 35.9 Å². The summed E-state index contributed by atoms with van der Waals surface area (Å²) in [6, 6.07) is 9.47. The van der Waals surface area contributed by atoms with Crippen LogP contribution in [0.5, 0.6) is 0 Å². The number of rotatable bonds is 8. The van der Waals surface area contributed by atoms with E-state index in [1.165, 1.54) is 0 Å². The minimum Gasteiger partial charge on any atom is -0.376 e. The molecule has 138 valence electrons. The fourth-order valence-corrected chi connectivity index (χ4v) is 2.81. The third kappa shape index (κ3) is 6.14. The largest absolute Gasteiger partial charge is 0.376 e. The Morgan fingerprint density at radius 1 is 1.32 bits per heavy atom. The van der Waals surface area contributed by atoms with E-state index in [0.29, 0.717) is 32.2 Å². The lowest BCUT2D eigenvalue weighted by Crippen LogP contribution is -2.47. The van der Waals surface area contributed by atoms with Crippen molar-refractivity contribution in [2.75, 3.05) is 26.2 Å². The molecule has 1 aromatic carbocycles. The molecule has 0 spiro atoms. The van der Waals surface area contributed by atoms with Crippen LogP contribution in [0, 0.1) is 11.8 Å². The lowest BCUT2D eigenvalue weighted by atomic mass is 10.1. The van der Waals surface area contributed by atoms with Gasteiger partial charge in [-0.15, -0.1) is 0 Å². The first-order valence-corrected chi connectivity index (χ1v) is 8.90. The molecule has 0 saturated carbocycles. The monoisotopic (exact) mass is 347 g/mol. The summed E-state index contributed by atoms with van der Waals surface area (Å²) in [5.41, 5.74) is 6.92. The van der Waals surface area contributed by atoms with Crippen molar-refractivity contribution < 1.29 is 14.3 Å². The molecule has 1 aliphatic rings. The minimum absolute atomic E-state index is 0.0108. The van der Waals surface area contributed by atoms with Crippen LogP contribution in [0.4, 0.5) is 0 Å². The summed E-state index contributed by atoms with van der Waals surface area (Å²) in [5, 5.41) is 2.63. The molecule has 0 aliphatic carbocycles. The Labute approximate surface area is 149 Å². The molecular formula is C19H29N3O3. The molecule has 2 atom stereocenters. The number of hydrogen-bond donors (Lipinski definition) is 2. The second-order valence-corrected chi connectivity index (χ2v) is 6.98. The Morgan fingerprint density at radius 2 is 2.04 bits per heavy atom. The number of nitrogens with zero attached hydrogens (tertiary/aromatic N) is 1. The van der Waals surface area contributed by atoms with Crippen molar-refractivity contribution in [1.29, 1.82) is 0 Å². The van der Waals surface area contributed by atoms with Crippen molar-refractivity contribution in [3.63, 3.8) is 0 Å². The average molecular weight is 347 g/mol. The summed E-state index contributed by atoms with van der Waals surface area (Å²) in [5.74, 6) is 0.0643. The number of amides is 2. The predicted octanol–water partition coefficient (Wildman–Crippen LogP) is 1.15. The van der Waals surface area contributed by atoms with E-state index in [2.05, 4.69) is 5.32 Å². The highest BCUT2D eigenvalue weighted by molar-refractivity contribution is 5.87. The van der Waals surface area contributed by atoms with Crippen LogP contribution in [0.25, 0.3) is 0 Å². The third-order valence-electron chi connectivity index (χ3n) is 4.54.